The van der Waals surface area contributed by atoms with Gasteiger partial charge in [-0.3, -0.25) is 9.10 Å². The molecule has 0 aliphatic carbocycles. The molecule has 0 amide bonds. The van der Waals surface area contributed by atoms with E-state index in [1.54, 1.807) is 13.8 Å². The van der Waals surface area contributed by atoms with Gasteiger partial charge in [0.1, 0.15) is 12.3 Å². The largest absolute Gasteiger partial charge is 0.496 e. The van der Waals surface area contributed by atoms with Crippen LogP contribution in [0.25, 0.3) is 0 Å². The van der Waals surface area contributed by atoms with Crippen molar-refractivity contribution in [3.05, 3.63) is 53.6 Å². The van der Waals surface area contributed by atoms with Crippen molar-refractivity contribution in [3.8, 4) is 5.75 Å². The monoisotopic (exact) mass is 421 g/mol. The molecule has 0 N–H and O–H groups in total. The second-order valence-electron chi connectivity index (χ2n) is 5.99. The lowest BCUT2D eigenvalue weighted by molar-refractivity contribution is -0.141. The highest BCUT2D eigenvalue weighted by Gasteiger charge is 2.29. The molecule has 0 fully saturated rings. The van der Waals surface area contributed by atoms with Gasteiger partial charge < -0.3 is 14.2 Å². The minimum absolute atomic E-state index is 0.0245. The molecular weight excluding hydrogens is 398 g/mol. The third-order valence-corrected chi connectivity index (χ3v) is 5.86. The first-order valence-electron chi connectivity index (χ1n) is 8.76. The summed E-state index contributed by atoms with van der Waals surface area (Å²) >= 11 is 0. The molecule has 0 bridgehead atoms. The number of aryl methyl sites for hydroxylation is 1. The first-order chi connectivity index (χ1) is 13.7. The van der Waals surface area contributed by atoms with Crippen molar-refractivity contribution in [2.45, 2.75) is 18.7 Å². The molecular formula is C20H23NO7S. The van der Waals surface area contributed by atoms with Crippen LogP contribution in [0, 0.1) is 6.92 Å². The zero-order valence-corrected chi connectivity index (χ0v) is 17.5. The molecule has 2 aromatic rings. The fourth-order valence-corrected chi connectivity index (χ4v) is 4.17. The van der Waals surface area contributed by atoms with Crippen LogP contribution in [0.2, 0.25) is 0 Å². The van der Waals surface area contributed by atoms with Crippen LogP contribution < -0.4 is 9.04 Å². The number of nitrogens with zero attached hydrogens (tertiary/aromatic N) is 1. The van der Waals surface area contributed by atoms with E-state index in [0.29, 0.717) is 11.3 Å². The third-order valence-electron chi connectivity index (χ3n) is 4.09. The van der Waals surface area contributed by atoms with E-state index < -0.39 is 28.5 Å². The first-order valence-corrected chi connectivity index (χ1v) is 10.2. The second kappa shape index (κ2) is 9.42. The minimum Gasteiger partial charge on any atom is -0.496 e. The Labute approximate surface area is 170 Å². The van der Waals surface area contributed by atoms with Crippen molar-refractivity contribution >= 4 is 27.6 Å². The molecule has 0 heterocycles. The summed E-state index contributed by atoms with van der Waals surface area (Å²) in [5, 5.41) is 0. The minimum atomic E-state index is -4.14. The Balaban J connectivity index is 2.57. The van der Waals surface area contributed by atoms with Crippen molar-refractivity contribution in [3.63, 3.8) is 0 Å². The molecule has 0 spiro atoms. The number of sulfonamides is 1. The van der Waals surface area contributed by atoms with E-state index in [4.69, 9.17) is 9.47 Å². The molecule has 29 heavy (non-hydrogen) atoms. The Morgan fingerprint density at radius 2 is 1.79 bits per heavy atom. The molecule has 0 atom stereocenters. The summed E-state index contributed by atoms with van der Waals surface area (Å²) in [5.41, 5.74) is 0.905. The predicted octanol–water partition coefficient (Wildman–Crippen LogP) is 2.55. The van der Waals surface area contributed by atoms with Crippen LogP contribution in [0.3, 0.4) is 0 Å². The van der Waals surface area contributed by atoms with E-state index in [0.717, 1.165) is 4.31 Å². The summed E-state index contributed by atoms with van der Waals surface area (Å²) in [7, 11) is -1.43. The number of hydrogen-bond acceptors (Lipinski definition) is 7. The molecule has 9 heteroatoms. The lowest BCUT2D eigenvalue weighted by Crippen LogP contribution is -2.36. The molecule has 0 unspecified atom stereocenters. The molecule has 0 radical (unpaired) electrons. The van der Waals surface area contributed by atoms with Crippen molar-refractivity contribution in [2.75, 3.05) is 31.7 Å². The maximum absolute atomic E-state index is 13.3. The van der Waals surface area contributed by atoms with Crippen molar-refractivity contribution < 1.29 is 32.2 Å². The van der Waals surface area contributed by atoms with Crippen LogP contribution in [0.15, 0.2) is 47.4 Å². The average Bonchev–Trinajstić information content (AvgIpc) is 2.71. The standard InChI is InChI=1S/C20H23NO7S/c1-5-28-19(22)13-21(16-8-6-7-15(12-16)20(23)27-4)29(24,25)17-9-10-18(26-3)14(2)11-17/h6-12H,5,13H2,1-4H3. The number of esters is 2. The number of anilines is 1. The Bertz CT molecular complexity index is 1000. The van der Waals surface area contributed by atoms with Crippen molar-refractivity contribution in [1.82, 2.24) is 0 Å². The van der Waals surface area contributed by atoms with Gasteiger partial charge in [-0.2, -0.15) is 0 Å². The first kappa shape index (κ1) is 22.2. The van der Waals surface area contributed by atoms with Crippen LogP contribution in [0.5, 0.6) is 5.75 Å². The van der Waals surface area contributed by atoms with Gasteiger partial charge in [0.25, 0.3) is 10.0 Å². The van der Waals surface area contributed by atoms with E-state index >= 15 is 0 Å². The highest BCUT2D eigenvalue weighted by Crippen LogP contribution is 2.28. The van der Waals surface area contributed by atoms with E-state index in [9.17, 15) is 18.0 Å². The number of rotatable bonds is 8. The smallest absolute Gasteiger partial charge is 0.337 e. The predicted molar refractivity (Wildman–Crippen MR) is 107 cm³/mol. The van der Waals surface area contributed by atoms with Gasteiger partial charge >= 0.3 is 11.9 Å². The maximum atomic E-state index is 13.3. The second-order valence-corrected chi connectivity index (χ2v) is 7.85. The summed E-state index contributed by atoms with van der Waals surface area (Å²) in [6.07, 6.45) is 0. The van der Waals surface area contributed by atoms with E-state index in [1.807, 2.05) is 0 Å². The van der Waals surface area contributed by atoms with Crippen molar-refractivity contribution in [1.29, 1.82) is 0 Å². The topological polar surface area (TPSA) is 99.2 Å². The molecule has 8 nitrogen and oxygen atoms in total. The molecule has 156 valence electrons. The van der Waals surface area contributed by atoms with Crippen LogP contribution in [-0.4, -0.2) is 47.7 Å². The summed E-state index contributed by atoms with van der Waals surface area (Å²) < 4.78 is 42.4. The lowest BCUT2D eigenvalue weighted by Gasteiger charge is -2.24. The molecule has 0 aliphatic heterocycles. The van der Waals surface area contributed by atoms with Gasteiger partial charge in [-0.15, -0.1) is 0 Å². The zero-order valence-electron chi connectivity index (χ0n) is 16.7. The third kappa shape index (κ3) is 5.05. The van der Waals surface area contributed by atoms with Gasteiger partial charge in [-0.25, -0.2) is 13.2 Å². The van der Waals surface area contributed by atoms with Gasteiger partial charge in [0, 0.05) is 0 Å². The van der Waals surface area contributed by atoms with Gasteiger partial charge in [-0.05, 0) is 55.8 Å². The fraction of sp³-hybridized carbons (Fsp3) is 0.300. The van der Waals surface area contributed by atoms with E-state index in [1.165, 1.54) is 56.7 Å². The Hall–Kier alpha value is -3.07. The summed E-state index contributed by atoms with van der Waals surface area (Å²) in [4.78, 5) is 23.9. The van der Waals surface area contributed by atoms with Crippen LogP contribution in [0.1, 0.15) is 22.8 Å². The average molecular weight is 421 g/mol. The summed E-state index contributed by atoms with van der Waals surface area (Å²) in [5.74, 6) is -0.806. The number of hydrogen-bond donors (Lipinski definition) is 0. The highest BCUT2D eigenvalue weighted by molar-refractivity contribution is 7.92. The summed E-state index contributed by atoms with van der Waals surface area (Å²) in [6, 6.07) is 10.2. The highest BCUT2D eigenvalue weighted by atomic mass is 32.2. The van der Waals surface area contributed by atoms with Crippen LogP contribution in [-0.2, 0) is 24.3 Å². The number of benzene rings is 2. The quantitative estimate of drug-likeness (QED) is 0.604. The number of ether oxygens (including phenoxy) is 3. The molecule has 0 saturated heterocycles. The number of carbonyl (C=O) groups is 2. The Morgan fingerprint density at radius 3 is 2.38 bits per heavy atom. The normalized spacial score (nSPS) is 10.9. The van der Waals surface area contributed by atoms with E-state index in [-0.39, 0.29) is 22.8 Å². The molecule has 0 aromatic heterocycles. The van der Waals surface area contributed by atoms with Gasteiger partial charge in [0.2, 0.25) is 0 Å². The number of carbonyl (C=O) groups excluding carboxylic acids is 2. The van der Waals surface area contributed by atoms with Gasteiger partial charge in [-0.1, -0.05) is 6.07 Å². The van der Waals surface area contributed by atoms with Gasteiger partial charge in [0.15, 0.2) is 0 Å². The van der Waals surface area contributed by atoms with Crippen molar-refractivity contribution in [2.24, 2.45) is 0 Å². The zero-order chi connectivity index (χ0) is 21.6. The van der Waals surface area contributed by atoms with Crippen LogP contribution >= 0.6 is 0 Å². The maximum Gasteiger partial charge on any atom is 0.337 e. The lowest BCUT2D eigenvalue weighted by atomic mass is 10.2. The number of methoxy groups -OCH3 is 2. The SMILES string of the molecule is CCOC(=O)CN(c1cccc(C(=O)OC)c1)S(=O)(=O)c1ccc(OC)c(C)c1. The van der Waals surface area contributed by atoms with E-state index in [2.05, 4.69) is 4.74 Å². The summed E-state index contributed by atoms with van der Waals surface area (Å²) in [6.45, 7) is 2.90. The molecule has 0 aliphatic rings. The van der Waals surface area contributed by atoms with Gasteiger partial charge in [0.05, 0.1) is 37.0 Å². The Morgan fingerprint density at radius 1 is 1.07 bits per heavy atom. The van der Waals surface area contributed by atoms with Crippen LogP contribution in [0.4, 0.5) is 5.69 Å². The molecule has 2 rings (SSSR count). The molecule has 0 saturated carbocycles. The Kier molecular flexibility index (Phi) is 7.22. The molecule has 2 aromatic carbocycles. The fourth-order valence-electron chi connectivity index (χ4n) is 2.68.